The molecule has 4 aromatic rings. The van der Waals surface area contributed by atoms with Crippen LogP contribution >= 0.6 is 0 Å². The van der Waals surface area contributed by atoms with E-state index in [1.807, 2.05) is 6.07 Å². The first-order chi connectivity index (χ1) is 10.8. The molecule has 0 bridgehead atoms. The maximum absolute atomic E-state index is 5.37. The second-order valence-corrected chi connectivity index (χ2v) is 5.67. The molecule has 3 heteroatoms. The molecular weight excluding hydrogens is 272 g/mol. The normalized spacial score (nSPS) is 12.8. The molecule has 4 rings (SSSR count). The van der Waals surface area contributed by atoms with Crippen LogP contribution in [0.2, 0.25) is 0 Å². The molecule has 0 aliphatic heterocycles. The van der Waals surface area contributed by atoms with Crippen molar-refractivity contribution in [2.45, 2.75) is 12.8 Å². The van der Waals surface area contributed by atoms with E-state index >= 15 is 0 Å². The number of methoxy groups -OCH3 is 1. The lowest BCUT2D eigenvalue weighted by atomic mass is 9.92. The van der Waals surface area contributed by atoms with Gasteiger partial charge in [0, 0.05) is 40.1 Å². The van der Waals surface area contributed by atoms with Gasteiger partial charge < -0.3 is 14.7 Å². The van der Waals surface area contributed by atoms with Crippen molar-refractivity contribution in [1.29, 1.82) is 0 Å². The van der Waals surface area contributed by atoms with Gasteiger partial charge in [-0.15, -0.1) is 0 Å². The Balaban J connectivity index is 1.87. The second kappa shape index (κ2) is 4.95. The van der Waals surface area contributed by atoms with Crippen LogP contribution in [0.15, 0.2) is 54.9 Å². The Kier molecular flexibility index (Phi) is 2.93. The Morgan fingerprint density at radius 3 is 2.32 bits per heavy atom. The zero-order valence-electron chi connectivity index (χ0n) is 12.7. The van der Waals surface area contributed by atoms with E-state index in [0.29, 0.717) is 5.92 Å². The molecule has 0 aliphatic carbocycles. The van der Waals surface area contributed by atoms with E-state index in [-0.39, 0.29) is 0 Å². The first kappa shape index (κ1) is 13.0. The molecule has 0 fully saturated rings. The van der Waals surface area contributed by atoms with Gasteiger partial charge in [0.2, 0.25) is 0 Å². The van der Waals surface area contributed by atoms with Crippen molar-refractivity contribution in [3.8, 4) is 5.75 Å². The van der Waals surface area contributed by atoms with Crippen molar-refractivity contribution in [1.82, 2.24) is 9.97 Å². The van der Waals surface area contributed by atoms with E-state index in [1.54, 1.807) is 7.11 Å². The minimum atomic E-state index is 0.303. The number of nitrogens with one attached hydrogen (secondary N) is 2. The van der Waals surface area contributed by atoms with Gasteiger partial charge in [-0.1, -0.05) is 25.1 Å². The van der Waals surface area contributed by atoms with Crippen LogP contribution in [-0.2, 0) is 0 Å². The molecule has 0 spiro atoms. The Labute approximate surface area is 128 Å². The van der Waals surface area contributed by atoms with Crippen LogP contribution in [0.25, 0.3) is 21.8 Å². The zero-order chi connectivity index (χ0) is 15.1. The van der Waals surface area contributed by atoms with Crippen molar-refractivity contribution in [3.05, 3.63) is 66.0 Å². The topological polar surface area (TPSA) is 40.8 Å². The van der Waals surface area contributed by atoms with Gasteiger partial charge in [-0.2, -0.15) is 0 Å². The van der Waals surface area contributed by atoms with Crippen LogP contribution in [0.4, 0.5) is 0 Å². The predicted molar refractivity (Wildman–Crippen MR) is 90.7 cm³/mol. The van der Waals surface area contributed by atoms with E-state index < -0.39 is 0 Å². The smallest absolute Gasteiger partial charge is 0.119 e. The SMILES string of the molecule is COc1ccc2[nH]cc(C(C)c3c[nH]c4ccccc34)c2c1. The summed E-state index contributed by atoms with van der Waals surface area (Å²) in [7, 11) is 1.70. The fraction of sp³-hybridized carbons (Fsp3) is 0.158. The van der Waals surface area contributed by atoms with E-state index in [4.69, 9.17) is 4.74 Å². The number of aromatic amines is 2. The van der Waals surface area contributed by atoms with Crippen molar-refractivity contribution >= 4 is 21.8 Å². The maximum atomic E-state index is 5.37. The van der Waals surface area contributed by atoms with E-state index in [0.717, 1.165) is 11.3 Å². The third kappa shape index (κ3) is 1.90. The molecule has 110 valence electrons. The third-order valence-electron chi connectivity index (χ3n) is 4.48. The lowest BCUT2D eigenvalue weighted by molar-refractivity contribution is 0.415. The number of fused-ring (bicyclic) bond motifs is 2. The molecule has 0 radical (unpaired) electrons. The molecule has 1 atom stereocenters. The number of hydrogen-bond donors (Lipinski definition) is 2. The second-order valence-electron chi connectivity index (χ2n) is 5.67. The highest BCUT2D eigenvalue weighted by Gasteiger charge is 2.17. The molecule has 2 heterocycles. The summed E-state index contributed by atoms with van der Waals surface area (Å²) in [5.41, 5.74) is 4.93. The monoisotopic (exact) mass is 290 g/mol. The standard InChI is InChI=1S/C19H18N2O/c1-12(16-10-20-18-6-4-3-5-14(16)18)17-11-21-19-8-7-13(22-2)9-15(17)19/h3-12,20-21H,1-2H3. The molecule has 2 aromatic carbocycles. The first-order valence-electron chi connectivity index (χ1n) is 7.49. The number of para-hydroxylation sites is 1. The zero-order valence-corrected chi connectivity index (χ0v) is 12.7. The Morgan fingerprint density at radius 2 is 1.55 bits per heavy atom. The highest BCUT2D eigenvalue weighted by Crippen LogP contribution is 2.35. The van der Waals surface area contributed by atoms with Crippen molar-refractivity contribution in [2.75, 3.05) is 7.11 Å². The van der Waals surface area contributed by atoms with Gasteiger partial charge in [-0.25, -0.2) is 0 Å². The summed E-state index contributed by atoms with van der Waals surface area (Å²) in [6.07, 6.45) is 4.23. The average Bonchev–Trinajstić information content (AvgIpc) is 3.17. The van der Waals surface area contributed by atoms with Crippen molar-refractivity contribution in [2.24, 2.45) is 0 Å². The highest BCUT2D eigenvalue weighted by atomic mass is 16.5. The number of aromatic nitrogens is 2. The largest absolute Gasteiger partial charge is 0.497 e. The van der Waals surface area contributed by atoms with Gasteiger partial charge in [0.05, 0.1) is 7.11 Å². The van der Waals surface area contributed by atoms with Gasteiger partial charge >= 0.3 is 0 Å². The van der Waals surface area contributed by atoms with Crippen LogP contribution in [0, 0.1) is 0 Å². The summed E-state index contributed by atoms with van der Waals surface area (Å²) < 4.78 is 5.37. The Hall–Kier alpha value is -2.68. The molecule has 2 N–H and O–H groups in total. The number of rotatable bonds is 3. The Bertz CT molecular complexity index is 948. The molecule has 0 saturated heterocycles. The number of hydrogen-bond acceptors (Lipinski definition) is 1. The molecule has 0 aliphatic rings. The van der Waals surface area contributed by atoms with Gasteiger partial charge in [0.25, 0.3) is 0 Å². The predicted octanol–water partition coefficient (Wildman–Crippen LogP) is 4.81. The van der Waals surface area contributed by atoms with E-state index in [1.165, 1.54) is 27.4 Å². The molecule has 2 aromatic heterocycles. The van der Waals surface area contributed by atoms with Crippen molar-refractivity contribution in [3.63, 3.8) is 0 Å². The van der Waals surface area contributed by atoms with E-state index in [9.17, 15) is 0 Å². The maximum Gasteiger partial charge on any atom is 0.119 e. The number of benzene rings is 2. The summed E-state index contributed by atoms with van der Waals surface area (Å²) in [6, 6.07) is 14.6. The molecule has 22 heavy (non-hydrogen) atoms. The lowest BCUT2D eigenvalue weighted by Gasteiger charge is -2.10. The summed E-state index contributed by atoms with van der Waals surface area (Å²) in [5, 5.41) is 2.50. The molecule has 0 saturated carbocycles. The minimum absolute atomic E-state index is 0.303. The average molecular weight is 290 g/mol. The quantitative estimate of drug-likeness (QED) is 0.558. The third-order valence-corrected chi connectivity index (χ3v) is 4.48. The summed E-state index contributed by atoms with van der Waals surface area (Å²) in [5.74, 6) is 1.19. The van der Waals surface area contributed by atoms with Crippen LogP contribution in [0.3, 0.4) is 0 Å². The van der Waals surface area contributed by atoms with Crippen molar-refractivity contribution < 1.29 is 4.74 Å². The first-order valence-corrected chi connectivity index (χ1v) is 7.49. The fourth-order valence-electron chi connectivity index (χ4n) is 3.23. The van der Waals surface area contributed by atoms with Gasteiger partial charge in [0.1, 0.15) is 5.75 Å². The van der Waals surface area contributed by atoms with Gasteiger partial charge in [-0.05, 0) is 35.4 Å². The van der Waals surface area contributed by atoms with Gasteiger partial charge in [0.15, 0.2) is 0 Å². The molecule has 1 unspecified atom stereocenters. The summed E-state index contributed by atoms with van der Waals surface area (Å²) in [4.78, 5) is 6.73. The minimum Gasteiger partial charge on any atom is -0.497 e. The number of ether oxygens (including phenoxy) is 1. The fourth-order valence-corrected chi connectivity index (χ4v) is 3.23. The van der Waals surface area contributed by atoms with Crippen LogP contribution in [0.5, 0.6) is 5.75 Å². The number of H-pyrrole nitrogens is 2. The van der Waals surface area contributed by atoms with Gasteiger partial charge in [-0.3, -0.25) is 0 Å². The highest BCUT2D eigenvalue weighted by molar-refractivity contribution is 5.88. The summed E-state index contributed by atoms with van der Waals surface area (Å²) >= 11 is 0. The van der Waals surface area contributed by atoms with E-state index in [2.05, 4.69) is 65.7 Å². The van der Waals surface area contributed by atoms with Crippen LogP contribution < -0.4 is 4.74 Å². The van der Waals surface area contributed by atoms with Crippen LogP contribution in [-0.4, -0.2) is 17.1 Å². The Morgan fingerprint density at radius 1 is 0.864 bits per heavy atom. The molecular formula is C19H18N2O. The summed E-state index contributed by atoms with van der Waals surface area (Å²) in [6.45, 7) is 2.25. The molecule has 0 amide bonds. The lowest BCUT2D eigenvalue weighted by Crippen LogP contribution is -1.94. The molecule has 3 nitrogen and oxygen atoms in total. The van der Waals surface area contributed by atoms with Crippen LogP contribution in [0.1, 0.15) is 24.0 Å².